The van der Waals surface area contributed by atoms with Crippen molar-refractivity contribution < 1.29 is 16.8 Å². The standard InChI is InChI=1S/C14H22N2O4S3/c1-15(2)11-9-16(10-12(11)21-3)23(19,20)14-8-6-5-7-13(14)22(4,17)18/h5-8,11-12H,9-10H2,1-4H3/t11-,12-/m0/s1. The Bertz CT molecular complexity index is 775. The maximum atomic E-state index is 13.0. The number of hydrogen-bond donors (Lipinski definition) is 0. The molecule has 0 amide bonds. The first-order valence-corrected chi connectivity index (χ1v) is 11.7. The molecule has 9 heteroatoms. The molecule has 2 rings (SSSR count). The highest BCUT2D eigenvalue weighted by Gasteiger charge is 2.41. The van der Waals surface area contributed by atoms with Gasteiger partial charge < -0.3 is 4.90 Å². The van der Waals surface area contributed by atoms with Crippen molar-refractivity contribution in [3.8, 4) is 0 Å². The number of benzene rings is 1. The van der Waals surface area contributed by atoms with Gasteiger partial charge in [0.2, 0.25) is 10.0 Å². The second-order valence-electron chi connectivity index (χ2n) is 5.85. The van der Waals surface area contributed by atoms with Crippen LogP contribution < -0.4 is 0 Å². The summed E-state index contributed by atoms with van der Waals surface area (Å²) in [5.41, 5.74) is 0. The van der Waals surface area contributed by atoms with E-state index >= 15 is 0 Å². The third-order valence-electron chi connectivity index (χ3n) is 4.04. The van der Waals surface area contributed by atoms with E-state index in [2.05, 4.69) is 0 Å². The minimum Gasteiger partial charge on any atom is -0.304 e. The maximum Gasteiger partial charge on any atom is 0.244 e. The van der Waals surface area contributed by atoms with Crippen LogP contribution in [0.3, 0.4) is 0 Å². The highest BCUT2D eigenvalue weighted by atomic mass is 32.2. The Hall–Kier alpha value is -0.610. The van der Waals surface area contributed by atoms with Crippen LogP contribution in [0.2, 0.25) is 0 Å². The second-order valence-corrected chi connectivity index (χ2v) is 10.8. The molecule has 0 unspecified atom stereocenters. The predicted molar refractivity (Wildman–Crippen MR) is 93.1 cm³/mol. The van der Waals surface area contributed by atoms with Crippen LogP contribution in [0.15, 0.2) is 34.1 Å². The normalized spacial score (nSPS) is 23.5. The second kappa shape index (κ2) is 6.72. The van der Waals surface area contributed by atoms with Gasteiger partial charge in [0.15, 0.2) is 9.84 Å². The highest BCUT2D eigenvalue weighted by Crippen LogP contribution is 2.31. The van der Waals surface area contributed by atoms with Gasteiger partial charge in [-0.2, -0.15) is 16.1 Å². The van der Waals surface area contributed by atoms with E-state index in [9.17, 15) is 16.8 Å². The molecule has 6 nitrogen and oxygen atoms in total. The average molecular weight is 379 g/mol. The van der Waals surface area contributed by atoms with Gasteiger partial charge in [0.1, 0.15) is 4.90 Å². The number of rotatable bonds is 5. The van der Waals surface area contributed by atoms with Gasteiger partial charge in [-0.1, -0.05) is 12.1 Å². The maximum absolute atomic E-state index is 13.0. The predicted octanol–water partition coefficient (Wildman–Crippen LogP) is 0.756. The number of sulfone groups is 1. The minimum atomic E-state index is -3.85. The smallest absolute Gasteiger partial charge is 0.244 e. The van der Waals surface area contributed by atoms with Gasteiger partial charge in [-0.25, -0.2) is 16.8 Å². The molecule has 0 saturated carbocycles. The van der Waals surface area contributed by atoms with Gasteiger partial charge in [-0.05, 0) is 32.5 Å². The first kappa shape index (κ1) is 18.7. The van der Waals surface area contributed by atoms with E-state index in [0.29, 0.717) is 13.1 Å². The molecule has 23 heavy (non-hydrogen) atoms. The number of sulfonamides is 1. The third-order valence-corrected chi connectivity index (χ3v) is 8.28. The lowest BCUT2D eigenvalue weighted by molar-refractivity contribution is 0.306. The highest BCUT2D eigenvalue weighted by molar-refractivity contribution is 7.99. The van der Waals surface area contributed by atoms with Crippen LogP contribution in [0.1, 0.15) is 0 Å². The SMILES string of the molecule is CS[C@H]1CN(S(=O)(=O)c2ccccc2S(C)(=O)=O)C[C@@H]1N(C)C. The van der Waals surface area contributed by atoms with Gasteiger partial charge in [0.05, 0.1) is 4.90 Å². The fourth-order valence-electron chi connectivity index (χ4n) is 2.76. The van der Waals surface area contributed by atoms with E-state index in [1.54, 1.807) is 17.8 Å². The van der Waals surface area contributed by atoms with E-state index in [-0.39, 0.29) is 21.1 Å². The Morgan fingerprint density at radius 2 is 1.65 bits per heavy atom. The minimum absolute atomic E-state index is 0.102. The molecule has 1 heterocycles. The molecular formula is C14H22N2O4S3. The molecule has 130 valence electrons. The molecule has 1 aliphatic heterocycles. The Labute approximate surface area is 142 Å². The van der Waals surface area contributed by atoms with Crippen LogP contribution in [-0.4, -0.2) is 77.0 Å². The summed E-state index contributed by atoms with van der Waals surface area (Å²) in [5, 5.41) is 0.158. The molecule has 1 saturated heterocycles. The van der Waals surface area contributed by atoms with Gasteiger partial charge in [-0.15, -0.1) is 0 Å². The van der Waals surface area contributed by atoms with Crippen molar-refractivity contribution in [1.82, 2.24) is 9.21 Å². The Kier molecular flexibility index (Phi) is 5.47. The Morgan fingerprint density at radius 1 is 1.09 bits per heavy atom. The zero-order chi connectivity index (χ0) is 17.4. The zero-order valence-electron chi connectivity index (χ0n) is 13.6. The van der Waals surface area contributed by atoms with Crippen molar-refractivity contribution in [2.24, 2.45) is 0 Å². The van der Waals surface area contributed by atoms with Crippen LogP contribution in [0.25, 0.3) is 0 Å². The van der Waals surface area contributed by atoms with Crippen LogP contribution >= 0.6 is 11.8 Å². The van der Waals surface area contributed by atoms with Crippen molar-refractivity contribution in [1.29, 1.82) is 0 Å². The van der Waals surface area contributed by atoms with E-state index in [1.807, 2.05) is 25.3 Å². The summed E-state index contributed by atoms with van der Waals surface area (Å²) >= 11 is 1.63. The Morgan fingerprint density at radius 3 is 2.09 bits per heavy atom. The van der Waals surface area contributed by atoms with Crippen LogP contribution in [-0.2, 0) is 19.9 Å². The molecule has 0 N–H and O–H groups in total. The molecule has 1 aliphatic rings. The van der Waals surface area contributed by atoms with Gasteiger partial charge >= 0.3 is 0 Å². The number of nitrogens with zero attached hydrogens (tertiary/aromatic N) is 2. The molecule has 0 aromatic heterocycles. The first-order valence-electron chi connectivity index (χ1n) is 7.07. The summed E-state index contributed by atoms with van der Waals surface area (Å²) < 4.78 is 51.1. The van der Waals surface area contributed by atoms with Crippen molar-refractivity contribution in [2.45, 2.75) is 21.1 Å². The van der Waals surface area contributed by atoms with Crippen molar-refractivity contribution in [2.75, 3.05) is 39.7 Å². The number of likely N-dealkylation sites (N-methyl/N-ethyl adjacent to an activating group) is 1. The summed E-state index contributed by atoms with van der Waals surface area (Å²) in [5.74, 6) is 0. The largest absolute Gasteiger partial charge is 0.304 e. The van der Waals surface area contributed by atoms with E-state index in [4.69, 9.17) is 0 Å². The summed E-state index contributed by atoms with van der Waals surface area (Å²) in [7, 11) is -3.61. The van der Waals surface area contributed by atoms with E-state index in [1.165, 1.54) is 22.5 Å². The molecule has 0 bridgehead atoms. The van der Waals surface area contributed by atoms with Crippen LogP contribution in [0, 0.1) is 0 Å². The van der Waals surface area contributed by atoms with Gasteiger partial charge in [0, 0.05) is 30.6 Å². The molecule has 0 aliphatic carbocycles. The van der Waals surface area contributed by atoms with Crippen molar-refractivity contribution >= 4 is 31.6 Å². The molecular weight excluding hydrogens is 356 g/mol. The summed E-state index contributed by atoms with van der Waals surface area (Å²) in [6.07, 6.45) is 2.99. The number of thioether (sulfide) groups is 1. The van der Waals surface area contributed by atoms with Gasteiger partial charge in [0.25, 0.3) is 0 Å². The number of hydrogen-bond acceptors (Lipinski definition) is 6. The third kappa shape index (κ3) is 3.74. The lowest BCUT2D eigenvalue weighted by atomic mass is 10.2. The zero-order valence-corrected chi connectivity index (χ0v) is 16.1. The monoisotopic (exact) mass is 378 g/mol. The fourth-order valence-corrected chi connectivity index (χ4v) is 6.91. The summed E-state index contributed by atoms with van der Waals surface area (Å²) in [4.78, 5) is 1.73. The lowest BCUT2D eigenvalue weighted by Gasteiger charge is -2.23. The first-order chi connectivity index (χ1) is 10.6. The molecule has 1 aromatic rings. The summed E-state index contributed by atoms with van der Waals surface area (Å²) in [6.45, 7) is 0.739. The molecule has 2 atom stereocenters. The molecule has 0 spiro atoms. The van der Waals surface area contributed by atoms with Crippen molar-refractivity contribution in [3.05, 3.63) is 24.3 Å². The van der Waals surface area contributed by atoms with E-state index < -0.39 is 19.9 Å². The topological polar surface area (TPSA) is 74.8 Å². The molecule has 0 radical (unpaired) electrons. The van der Waals surface area contributed by atoms with Gasteiger partial charge in [-0.3, -0.25) is 0 Å². The van der Waals surface area contributed by atoms with Crippen molar-refractivity contribution in [3.63, 3.8) is 0 Å². The summed E-state index contributed by atoms with van der Waals surface area (Å²) in [6, 6.07) is 5.89. The van der Waals surface area contributed by atoms with E-state index in [0.717, 1.165) is 6.26 Å². The fraction of sp³-hybridized carbons (Fsp3) is 0.571. The quantitative estimate of drug-likeness (QED) is 0.753. The molecule has 1 aromatic carbocycles. The lowest BCUT2D eigenvalue weighted by Crippen LogP contribution is -2.37. The van der Waals surface area contributed by atoms with Crippen LogP contribution in [0.4, 0.5) is 0 Å². The molecule has 1 fully saturated rings. The average Bonchev–Trinajstić information content (AvgIpc) is 2.91. The Balaban J connectivity index is 2.45. The van der Waals surface area contributed by atoms with Crippen LogP contribution in [0.5, 0.6) is 0 Å².